The Kier molecular flexibility index (Phi) is 8.26. The number of hydrogen-bond donors (Lipinski definition) is 4. The summed E-state index contributed by atoms with van der Waals surface area (Å²) in [6.07, 6.45) is -0.201. The summed E-state index contributed by atoms with van der Waals surface area (Å²) in [5.41, 5.74) is 3.66. The quantitative estimate of drug-likeness (QED) is 0.498. The highest BCUT2D eigenvalue weighted by Gasteiger charge is 2.27. The summed E-state index contributed by atoms with van der Waals surface area (Å²) in [5, 5.41) is 23.5. The molecule has 0 heterocycles. The summed E-state index contributed by atoms with van der Waals surface area (Å²) < 4.78 is 0. The normalized spacial score (nSPS) is 13.8. The minimum Gasteiger partial charge on any atom is -0.391 e. The number of aryl methyl sites for hydroxylation is 1. The molecule has 2 amide bonds. The number of carbonyl (C=O) groups is 3. The molecule has 0 fully saturated rings. The maximum Gasteiger partial charge on any atom is 0.251 e. The Labute approximate surface area is 176 Å². The van der Waals surface area contributed by atoms with Gasteiger partial charge >= 0.3 is 0 Å². The van der Waals surface area contributed by atoms with E-state index in [0.29, 0.717) is 5.56 Å². The van der Waals surface area contributed by atoms with E-state index in [2.05, 4.69) is 29.7 Å². The molecular weight excluding hydrogens is 384 g/mol. The molecule has 2 aromatic rings. The number of ketones is 1. The van der Waals surface area contributed by atoms with E-state index in [1.807, 2.05) is 24.3 Å². The van der Waals surface area contributed by atoms with Gasteiger partial charge in [-0.2, -0.15) is 0 Å². The summed E-state index contributed by atoms with van der Waals surface area (Å²) in [6, 6.07) is 13.1. The Morgan fingerprint density at radius 3 is 1.90 bits per heavy atom. The first-order valence-electron chi connectivity index (χ1n) is 9.89. The summed E-state index contributed by atoms with van der Waals surface area (Å²) in [7, 11) is 0. The van der Waals surface area contributed by atoms with Gasteiger partial charge in [-0.15, -0.1) is 0 Å². The number of aliphatic hydroxyl groups is 2. The van der Waals surface area contributed by atoms with Gasteiger partial charge in [-0.05, 0) is 49.1 Å². The Morgan fingerprint density at radius 2 is 1.43 bits per heavy atom. The Hall–Kier alpha value is -3.03. The van der Waals surface area contributed by atoms with E-state index in [-0.39, 0.29) is 0 Å². The van der Waals surface area contributed by atoms with Crippen molar-refractivity contribution in [3.05, 3.63) is 59.7 Å². The minimum atomic E-state index is -1.24. The molecule has 7 nitrogen and oxygen atoms in total. The van der Waals surface area contributed by atoms with Crippen LogP contribution in [-0.2, 0) is 16.0 Å². The van der Waals surface area contributed by atoms with Crippen molar-refractivity contribution in [3.63, 3.8) is 0 Å². The number of aliphatic hydroxyl groups excluding tert-OH is 2. The first-order valence-corrected chi connectivity index (χ1v) is 9.89. The van der Waals surface area contributed by atoms with E-state index in [0.717, 1.165) is 17.5 Å². The third-order valence-corrected chi connectivity index (χ3v) is 4.87. The zero-order valence-electron chi connectivity index (χ0n) is 17.4. The molecule has 0 unspecified atom stereocenters. The number of carbonyl (C=O) groups excluding carboxylic acids is 3. The molecule has 0 aliphatic heterocycles. The molecule has 160 valence electrons. The number of hydrogen-bond acceptors (Lipinski definition) is 5. The minimum absolute atomic E-state index is 0.391. The molecule has 4 N–H and O–H groups in total. The Bertz CT molecular complexity index is 875. The number of benzene rings is 2. The summed E-state index contributed by atoms with van der Waals surface area (Å²) in [6.45, 7) is 4.10. The largest absolute Gasteiger partial charge is 0.391 e. The van der Waals surface area contributed by atoms with Gasteiger partial charge in [0.05, 0.1) is 6.10 Å². The van der Waals surface area contributed by atoms with Crippen molar-refractivity contribution in [1.82, 2.24) is 10.6 Å². The van der Waals surface area contributed by atoms with Gasteiger partial charge in [-0.25, -0.2) is 0 Å². The van der Waals surface area contributed by atoms with E-state index in [9.17, 15) is 19.5 Å². The highest BCUT2D eigenvalue weighted by Crippen LogP contribution is 2.20. The molecule has 3 atom stereocenters. The standard InChI is InChI=1S/C23H28N2O5/c1-4-16-5-7-17(8-6-16)18-9-11-19(12-10-18)23(30)24-14(2)22(29)25-21(15(3)27)20(28)13-26/h5-12,14-15,21,26-27H,4,13H2,1-3H3,(H,24,30)(H,25,29)/t14-,15+,21-/m0/s1. The lowest BCUT2D eigenvalue weighted by atomic mass is 10.0. The fraction of sp³-hybridized carbons (Fsp3) is 0.348. The van der Waals surface area contributed by atoms with Gasteiger partial charge in [0, 0.05) is 5.56 Å². The molecule has 0 spiro atoms. The molecule has 0 aromatic heterocycles. The Balaban J connectivity index is 2.00. The van der Waals surface area contributed by atoms with Crippen LogP contribution in [0.2, 0.25) is 0 Å². The second-order valence-corrected chi connectivity index (χ2v) is 7.17. The van der Waals surface area contributed by atoms with Crippen LogP contribution in [0.1, 0.15) is 36.7 Å². The Morgan fingerprint density at radius 1 is 0.900 bits per heavy atom. The van der Waals surface area contributed by atoms with E-state index in [1.54, 1.807) is 12.1 Å². The maximum atomic E-state index is 12.5. The summed E-state index contributed by atoms with van der Waals surface area (Å²) in [5.74, 6) is -1.78. The van der Waals surface area contributed by atoms with Crippen molar-refractivity contribution >= 4 is 17.6 Å². The molecular formula is C23H28N2O5. The highest BCUT2D eigenvalue weighted by molar-refractivity contribution is 5.98. The van der Waals surface area contributed by atoms with Gasteiger partial charge in [0.1, 0.15) is 18.7 Å². The zero-order valence-corrected chi connectivity index (χ0v) is 17.4. The number of amides is 2. The molecule has 7 heteroatoms. The summed E-state index contributed by atoms with van der Waals surface area (Å²) in [4.78, 5) is 36.3. The molecule has 0 aliphatic rings. The third kappa shape index (κ3) is 5.98. The zero-order chi connectivity index (χ0) is 22.3. The van der Waals surface area contributed by atoms with Crippen LogP contribution in [0, 0.1) is 0 Å². The second-order valence-electron chi connectivity index (χ2n) is 7.17. The average molecular weight is 412 g/mol. The molecule has 2 aromatic carbocycles. The number of nitrogens with one attached hydrogen (secondary N) is 2. The number of rotatable bonds is 9. The third-order valence-electron chi connectivity index (χ3n) is 4.87. The molecule has 30 heavy (non-hydrogen) atoms. The highest BCUT2D eigenvalue weighted by atomic mass is 16.3. The first kappa shape index (κ1) is 23.3. The van der Waals surface area contributed by atoms with Crippen molar-refractivity contribution < 1.29 is 24.6 Å². The fourth-order valence-electron chi connectivity index (χ4n) is 2.94. The van der Waals surface area contributed by atoms with Crippen LogP contribution >= 0.6 is 0 Å². The predicted octanol–water partition coefficient (Wildman–Crippen LogP) is 1.46. The lowest BCUT2D eigenvalue weighted by Crippen LogP contribution is -2.54. The van der Waals surface area contributed by atoms with Gasteiger partial charge in [0.2, 0.25) is 5.91 Å². The fourth-order valence-corrected chi connectivity index (χ4v) is 2.94. The van der Waals surface area contributed by atoms with E-state index < -0.39 is 42.4 Å². The monoisotopic (exact) mass is 412 g/mol. The molecule has 0 radical (unpaired) electrons. The van der Waals surface area contributed by atoms with Crippen LogP contribution in [0.4, 0.5) is 0 Å². The van der Waals surface area contributed by atoms with Gasteiger partial charge in [0.15, 0.2) is 5.78 Å². The van der Waals surface area contributed by atoms with Crippen molar-refractivity contribution in [2.24, 2.45) is 0 Å². The van der Waals surface area contributed by atoms with Crippen LogP contribution in [0.5, 0.6) is 0 Å². The van der Waals surface area contributed by atoms with Crippen molar-refractivity contribution in [2.45, 2.75) is 45.4 Å². The van der Waals surface area contributed by atoms with Gasteiger partial charge in [-0.3, -0.25) is 14.4 Å². The van der Waals surface area contributed by atoms with Crippen LogP contribution in [-0.4, -0.2) is 52.6 Å². The topological polar surface area (TPSA) is 116 Å². The van der Waals surface area contributed by atoms with E-state index in [1.165, 1.54) is 19.4 Å². The van der Waals surface area contributed by atoms with Gasteiger partial charge < -0.3 is 20.8 Å². The van der Waals surface area contributed by atoms with Crippen LogP contribution < -0.4 is 10.6 Å². The van der Waals surface area contributed by atoms with E-state index >= 15 is 0 Å². The SMILES string of the molecule is CCc1ccc(-c2ccc(C(=O)N[C@@H](C)C(=O)N[C@H](C(=O)CO)[C@@H](C)O)cc2)cc1. The maximum absolute atomic E-state index is 12.5. The smallest absolute Gasteiger partial charge is 0.251 e. The van der Waals surface area contributed by atoms with Crippen molar-refractivity contribution in [2.75, 3.05) is 6.61 Å². The lowest BCUT2D eigenvalue weighted by molar-refractivity contribution is -0.132. The van der Waals surface area contributed by atoms with Crippen molar-refractivity contribution in [1.29, 1.82) is 0 Å². The van der Waals surface area contributed by atoms with Gasteiger partial charge in [-0.1, -0.05) is 43.3 Å². The van der Waals surface area contributed by atoms with Crippen molar-refractivity contribution in [3.8, 4) is 11.1 Å². The number of Topliss-reactive ketones (excluding diaryl/α,β-unsaturated/α-hetero) is 1. The van der Waals surface area contributed by atoms with Crippen LogP contribution in [0.25, 0.3) is 11.1 Å². The molecule has 2 rings (SSSR count). The van der Waals surface area contributed by atoms with Crippen LogP contribution in [0.3, 0.4) is 0 Å². The van der Waals surface area contributed by atoms with Gasteiger partial charge in [0.25, 0.3) is 5.91 Å². The second kappa shape index (κ2) is 10.7. The van der Waals surface area contributed by atoms with E-state index in [4.69, 9.17) is 5.11 Å². The molecule has 0 bridgehead atoms. The van der Waals surface area contributed by atoms with Crippen LogP contribution in [0.15, 0.2) is 48.5 Å². The average Bonchev–Trinajstić information content (AvgIpc) is 2.76. The predicted molar refractivity (Wildman–Crippen MR) is 114 cm³/mol. The molecule has 0 saturated carbocycles. The molecule has 0 saturated heterocycles. The molecule has 0 aliphatic carbocycles. The lowest BCUT2D eigenvalue weighted by Gasteiger charge is -2.22. The first-order chi connectivity index (χ1) is 14.3. The summed E-state index contributed by atoms with van der Waals surface area (Å²) >= 11 is 0.